The van der Waals surface area contributed by atoms with Gasteiger partial charge in [-0.3, -0.25) is 9.10 Å². The van der Waals surface area contributed by atoms with Gasteiger partial charge in [0, 0.05) is 13.1 Å². The number of rotatable bonds is 8. The van der Waals surface area contributed by atoms with E-state index < -0.39 is 16.1 Å². The molecule has 1 N–H and O–H groups in total. The van der Waals surface area contributed by atoms with E-state index >= 15 is 0 Å². The number of nitrogens with zero attached hydrogens (tertiary/aromatic N) is 2. The highest BCUT2D eigenvalue weighted by Gasteiger charge is 2.33. The molecule has 0 heterocycles. The Hall–Kier alpha value is -2.78. The third kappa shape index (κ3) is 5.47. The summed E-state index contributed by atoms with van der Waals surface area (Å²) in [6.07, 6.45) is 2.55. The van der Waals surface area contributed by atoms with Crippen LogP contribution in [0.4, 0.5) is 5.69 Å². The van der Waals surface area contributed by atoms with Gasteiger partial charge in [-0.1, -0.05) is 18.9 Å². The van der Waals surface area contributed by atoms with Crippen LogP contribution in [-0.2, 0) is 14.8 Å². The topological polar surface area (TPSA) is 96.4 Å². The first-order valence-corrected chi connectivity index (χ1v) is 12.8. The Morgan fingerprint density at radius 3 is 2.21 bits per heavy atom. The van der Waals surface area contributed by atoms with Crippen molar-refractivity contribution in [1.82, 2.24) is 4.90 Å². The molecular formula is C25H34N2O6S. The number of hydrogen-bond acceptors (Lipinski definition) is 6. The molecule has 1 amide bonds. The summed E-state index contributed by atoms with van der Waals surface area (Å²) in [6.45, 7) is 3.37. The smallest absolute Gasteiger partial charge is 0.264 e. The van der Waals surface area contributed by atoms with Gasteiger partial charge in [0.2, 0.25) is 5.91 Å². The van der Waals surface area contributed by atoms with Crippen molar-refractivity contribution < 1.29 is 27.8 Å². The fourth-order valence-corrected chi connectivity index (χ4v) is 5.89. The van der Waals surface area contributed by atoms with E-state index in [1.165, 1.54) is 37.3 Å². The monoisotopic (exact) mass is 490 g/mol. The van der Waals surface area contributed by atoms with E-state index in [4.69, 9.17) is 9.47 Å². The van der Waals surface area contributed by atoms with Crippen molar-refractivity contribution in [2.75, 3.05) is 32.1 Å². The summed E-state index contributed by atoms with van der Waals surface area (Å²) >= 11 is 0. The summed E-state index contributed by atoms with van der Waals surface area (Å²) in [7, 11) is 0.408. The zero-order valence-electron chi connectivity index (χ0n) is 20.4. The van der Waals surface area contributed by atoms with Gasteiger partial charge in [0.15, 0.2) is 11.5 Å². The molecule has 1 aliphatic rings. The average molecular weight is 491 g/mol. The van der Waals surface area contributed by atoms with E-state index in [1.807, 2.05) is 19.9 Å². The van der Waals surface area contributed by atoms with Gasteiger partial charge in [0.25, 0.3) is 10.0 Å². The van der Waals surface area contributed by atoms with Gasteiger partial charge in [-0.2, -0.15) is 0 Å². The molecule has 1 fully saturated rings. The van der Waals surface area contributed by atoms with E-state index in [9.17, 15) is 18.3 Å². The van der Waals surface area contributed by atoms with Gasteiger partial charge in [-0.05, 0) is 62.1 Å². The summed E-state index contributed by atoms with van der Waals surface area (Å²) < 4.78 is 39.3. The van der Waals surface area contributed by atoms with Crippen molar-refractivity contribution in [2.24, 2.45) is 0 Å². The number of aliphatic hydroxyl groups is 1. The summed E-state index contributed by atoms with van der Waals surface area (Å²) in [4.78, 5) is 14.8. The molecule has 34 heavy (non-hydrogen) atoms. The number of aliphatic hydroxyl groups excluding tert-OH is 1. The molecule has 0 aromatic heterocycles. The molecule has 2 unspecified atom stereocenters. The molecule has 1 saturated carbocycles. The number of hydrogen-bond donors (Lipinski definition) is 1. The van der Waals surface area contributed by atoms with Crippen molar-refractivity contribution in [1.29, 1.82) is 0 Å². The van der Waals surface area contributed by atoms with E-state index in [0.717, 1.165) is 28.3 Å². The number of ether oxygens (including phenoxy) is 2. The lowest BCUT2D eigenvalue weighted by molar-refractivity contribution is -0.133. The molecular weight excluding hydrogens is 456 g/mol. The Labute approximate surface area is 202 Å². The lowest BCUT2D eigenvalue weighted by Crippen LogP contribution is -2.50. The lowest BCUT2D eigenvalue weighted by Gasteiger charge is -2.36. The van der Waals surface area contributed by atoms with Gasteiger partial charge in [0.05, 0.1) is 36.9 Å². The third-order valence-electron chi connectivity index (χ3n) is 6.30. The highest BCUT2D eigenvalue weighted by Crippen LogP contribution is 2.33. The molecule has 0 bridgehead atoms. The molecule has 9 heteroatoms. The van der Waals surface area contributed by atoms with Crippen LogP contribution in [0.25, 0.3) is 0 Å². The summed E-state index contributed by atoms with van der Waals surface area (Å²) in [5.74, 6) is 0.299. The summed E-state index contributed by atoms with van der Waals surface area (Å²) in [6, 6.07) is 9.46. The first kappa shape index (κ1) is 25.8. The number of methoxy groups -OCH3 is 2. The SMILES string of the molecule is COc1ccc(S(=O)(=O)N(CC(=O)N(C)C2CCCCC2O)c2cc(C)cc(C)c2)cc1OC. The minimum Gasteiger partial charge on any atom is -0.493 e. The normalized spacial score (nSPS) is 18.3. The molecule has 2 aromatic carbocycles. The largest absolute Gasteiger partial charge is 0.493 e. The van der Waals surface area contributed by atoms with Crippen LogP contribution < -0.4 is 13.8 Å². The molecule has 0 spiro atoms. The Morgan fingerprint density at radius 1 is 1.00 bits per heavy atom. The van der Waals surface area contributed by atoms with Crippen molar-refractivity contribution in [3.8, 4) is 11.5 Å². The van der Waals surface area contributed by atoms with Crippen LogP contribution in [0.1, 0.15) is 36.8 Å². The predicted molar refractivity (Wildman–Crippen MR) is 131 cm³/mol. The second kappa shape index (κ2) is 10.7. The number of sulfonamides is 1. The Bertz CT molecular complexity index is 1110. The summed E-state index contributed by atoms with van der Waals surface area (Å²) in [5, 5.41) is 10.4. The zero-order valence-corrected chi connectivity index (χ0v) is 21.3. The number of likely N-dealkylation sites (N-methyl/N-ethyl adjacent to an activating group) is 1. The minimum absolute atomic E-state index is 0.0162. The molecule has 1 aliphatic carbocycles. The molecule has 0 aliphatic heterocycles. The van der Waals surface area contributed by atoms with Gasteiger partial charge in [-0.25, -0.2) is 8.42 Å². The predicted octanol–water partition coefficient (Wildman–Crippen LogP) is 3.28. The number of carbonyl (C=O) groups is 1. The number of aryl methyl sites for hydroxylation is 2. The maximum absolute atomic E-state index is 13.8. The molecule has 2 aromatic rings. The van der Waals surface area contributed by atoms with Gasteiger partial charge >= 0.3 is 0 Å². The van der Waals surface area contributed by atoms with Crippen LogP contribution >= 0.6 is 0 Å². The Balaban J connectivity index is 2.02. The van der Waals surface area contributed by atoms with Crippen LogP contribution in [0.3, 0.4) is 0 Å². The first-order valence-electron chi connectivity index (χ1n) is 11.3. The molecule has 186 valence electrons. The molecule has 0 saturated heterocycles. The van der Waals surface area contributed by atoms with Crippen molar-refractivity contribution in [2.45, 2.75) is 56.6 Å². The molecule has 0 radical (unpaired) electrons. The summed E-state index contributed by atoms with van der Waals surface area (Å²) in [5.41, 5.74) is 2.16. The van der Waals surface area contributed by atoms with Crippen molar-refractivity contribution in [3.05, 3.63) is 47.5 Å². The number of anilines is 1. The van der Waals surface area contributed by atoms with E-state index in [0.29, 0.717) is 24.3 Å². The van der Waals surface area contributed by atoms with Crippen LogP contribution in [0.2, 0.25) is 0 Å². The highest BCUT2D eigenvalue weighted by molar-refractivity contribution is 7.92. The lowest BCUT2D eigenvalue weighted by atomic mass is 9.91. The highest BCUT2D eigenvalue weighted by atomic mass is 32.2. The quantitative estimate of drug-likeness (QED) is 0.610. The fraction of sp³-hybridized carbons (Fsp3) is 0.480. The average Bonchev–Trinajstić information content (AvgIpc) is 2.80. The van der Waals surface area contributed by atoms with E-state index in [-0.39, 0.29) is 29.1 Å². The number of benzene rings is 2. The van der Waals surface area contributed by atoms with Gasteiger partial charge in [-0.15, -0.1) is 0 Å². The van der Waals surface area contributed by atoms with E-state index in [1.54, 1.807) is 19.2 Å². The van der Waals surface area contributed by atoms with Crippen LogP contribution in [0, 0.1) is 13.8 Å². The maximum atomic E-state index is 13.8. The fourth-order valence-electron chi connectivity index (χ4n) is 4.48. The minimum atomic E-state index is -4.13. The zero-order chi connectivity index (χ0) is 25.0. The maximum Gasteiger partial charge on any atom is 0.264 e. The van der Waals surface area contributed by atoms with Crippen molar-refractivity contribution in [3.63, 3.8) is 0 Å². The second-order valence-electron chi connectivity index (χ2n) is 8.80. The molecule has 3 rings (SSSR count). The van der Waals surface area contributed by atoms with Gasteiger partial charge < -0.3 is 19.5 Å². The number of carbonyl (C=O) groups excluding carboxylic acids is 1. The van der Waals surface area contributed by atoms with Crippen LogP contribution in [0.15, 0.2) is 41.3 Å². The van der Waals surface area contributed by atoms with Gasteiger partial charge in [0.1, 0.15) is 6.54 Å². The standard InChI is InChI=1S/C25H34N2O6S/c1-17-12-18(2)14-19(13-17)27(16-25(29)26(3)21-8-6-7-9-22(21)28)34(30,31)20-10-11-23(32-4)24(15-20)33-5/h10-15,21-22,28H,6-9,16H2,1-5H3. The van der Waals surface area contributed by atoms with Crippen LogP contribution in [-0.4, -0.2) is 64.3 Å². The molecule has 2 atom stereocenters. The van der Waals surface area contributed by atoms with E-state index in [2.05, 4.69) is 0 Å². The third-order valence-corrected chi connectivity index (χ3v) is 8.07. The molecule has 8 nitrogen and oxygen atoms in total. The van der Waals surface area contributed by atoms with Crippen molar-refractivity contribution >= 4 is 21.6 Å². The Kier molecular flexibility index (Phi) is 8.09. The number of amides is 1. The first-order chi connectivity index (χ1) is 16.1. The second-order valence-corrected chi connectivity index (χ2v) is 10.7. The van der Waals surface area contributed by atoms with Crippen LogP contribution in [0.5, 0.6) is 11.5 Å². The Morgan fingerprint density at radius 2 is 1.62 bits per heavy atom.